The third-order valence-electron chi connectivity index (χ3n) is 3.30. The summed E-state index contributed by atoms with van der Waals surface area (Å²) in [5.74, 6) is -0.175. The van der Waals surface area contributed by atoms with E-state index in [1.165, 1.54) is 4.88 Å². The SMILES string of the molecule is Cc1ccccc1C(=O)NCCC(=O)NCCc1cccs1. The Morgan fingerprint density at radius 3 is 2.59 bits per heavy atom. The standard InChI is InChI=1S/C17H20N2O2S/c1-13-5-2-3-7-15(13)17(21)19-11-9-16(20)18-10-8-14-6-4-12-22-14/h2-7,12H,8-11H2,1H3,(H,18,20)(H,19,21). The lowest BCUT2D eigenvalue weighted by molar-refractivity contribution is -0.120. The molecule has 2 N–H and O–H groups in total. The largest absolute Gasteiger partial charge is 0.356 e. The summed E-state index contributed by atoms with van der Waals surface area (Å²) in [6, 6.07) is 11.5. The Kier molecular flexibility index (Phi) is 6.15. The zero-order valence-corrected chi connectivity index (χ0v) is 13.4. The maximum atomic E-state index is 12.0. The number of thiophene rings is 1. The van der Waals surface area contributed by atoms with E-state index in [2.05, 4.69) is 16.7 Å². The number of nitrogens with one attached hydrogen (secondary N) is 2. The van der Waals surface area contributed by atoms with E-state index in [9.17, 15) is 9.59 Å². The van der Waals surface area contributed by atoms with Gasteiger partial charge in [0.2, 0.25) is 5.91 Å². The van der Waals surface area contributed by atoms with Crippen LogP contribution in [0.5, 0.6) is 0 Å². The third-order valence-corrected chi connectivity index (χ3v) is 4.24. The molecule has 1 heterocycles. The zero-order valence-electron chi connectivity index (χ0n) is 12.6. The van der Waals surface area contributed by atoms with Crippen molar-refractivity contribution in [3.05, 3.63) is 57.8 Å². The first-order valence-electron chi connectivity index (χ1n) is 7.29. The molecule has 2 aromatic rings. The molecule has 5 heteroatoms. The van der Waals surface area contributed by atoms with Gasteiger partial charge in [-0.1, -0.05) is 24.3 Å². The lowest BCUT2D eigenvalue weighted by Gasteiger charge is -2.08. The predicted molar refractivity (Wildman–Crippen MR) is 89.2 cm³/mol. The minimum atomic E-state index is -0.135. The summed E-state index contributed by atoms with van der Waals surface area (Å²) in [7, 11) is 0. The number of rotatable bonds is 7. The molecule has 4 nitrogen and oxygen atoms in total. The highest BCUT2D eigenvalue weighted by molar-refractivity contribution is 7.09. The van der Waals surface area contributed by atoms with Crippen molar-refractivity contribution in [2.45, 2.75) is 19.8 Å². The van der Waals surface area contributed by atoms with Crippen LogP contribution in [0.2, 0.25) is 0 Å². The summed E-state index contributed by atoms with van der Waals surface area (Å²) >= 11 is 1.69. The Morgan fingerprint density at radius 1 is 1.05 bits per heavy atom. The number of hydrogen-bond acceptors (Lipinski definition) is 3. The van der Waals surface area contributed by atoms with Crippen molar-refractivity contribution in [2.75, 3.05) is 13.1 Å². The molecule has 1 aromatic carbocycles. The van der Waals surface area contributed by atoms with E-state index >= 15 is 0 Å². The smallest absolute Gasteiger partial charge is 0.251 e. The minimum Gasteiger partial charge on any atom is -0.356 e. The van der Waals surface area contributed by atoms with Gasteiger partial charge in [0.15, 0.2) is 0 Å². The van der Waals surface area contributed by atoms with Crippen LogP contribution in [0.1, 0.15) is 27.2 Å². The van der Waals surface area contributed by atoms with Crippen molar-refractivity contribution in [1.29, 1.82) is 0 Å². The Labute approximate surface area is 134 Å². The average molecular weight is 316 g/mol. The van der Waals surface area contributed by atoms with Crippen LogP contribution in [-0.2, 0) is 11.2 Å². The van der Waals surface area contributed by atoms with Crippen LogP contribution in [0.15, 0.2) is 41.8 Å². The summed E-state index contributed by atoms with van der Waals surface area (Å²) in [6.45, 7) is 2.87. The third kappa shape index (κ3) is 5.00. The normalized spacial score (nSPS) is 10.2. The lowest BCUT2D eigenvalue weighted by atomic mass is 10.1. The molecule has 0 saturated carbocycles. The van der Waals surface area contributed by atoms with Gasteiger partial charge in [-0.25, -0.2) is 0 Å². The molecular weight excluding hydrogens is 296 g/mol. The molecule has 0 aliphatic heterocycles. The van der Waals surface area contributed by atoms with E-state index in [0.29, 0.717) is 25.1 Å². The van der Waals surface area contributed by atoms with E-state index in [1.54, 1.807) is 17.4 Å². The van der Waals surface area contributed by atoms with Crippen molar-refractivity contribution in [1.82, 2.24) is 10.6 Å². The van der Waals surface area contributed by atoms with Crippen LogP contribution in [0.25, 0.3) is 0 Å². The summed E-state index contributed by atoms with van der Waals surface area (Å²) in [5.41, 5.74) is 1.58. The van der Waals surface area contributed by atoms with Gasteiger partial charge in [-0.2, -0.15) is 0 Å². The molecule has 22 heavy (non-hydrogen) atoms. The highest BCUT2D eigenvalue weighted by Gasteiger charge is 2.08. The molecule has 0 fully saturated rings. The fraction of sp³-hybridized carbons (Fsp3) is 0.294. The molecule has 2 amide bonds. The zero-order chi connectivity index (χ0) is 15.8. The first-order valence-corrected chi connectivity index (χ1v) is 8.17. The number of aryl methyl sites for hydroxylation is 1. The molecule has 0 radical (unpaired) electrons. The van der Waals surface area contributed by atoms with E-state index in [-0.39, 0.29) is 11.8 Å². The van der Waals surface area contributed by atoms with Crippen molar-refractivity contribution in [3.63, 3.8) is 0 Å². The summed E-state index contributed by atoms with van der Waals surface area (Å²) in [6.07, 6.45) is 1.14. The Hall–Kier alpha value is -2.14. The average Bonchev–Trinajstić information content (AvgIpc) is 3.01. The van der Waals surface area contributed by atoms with Gasteiger partial charge in [-0.05, 0) is 36.4 Å². The Bertz CT molecular complexity index is 623. The van der Waals surface area contributed by atoms with Gasteiger partial charge in [-0.15, -0.1) is 11.3 Å². The molecule has 0 unspecified atom stereocenters. The number of carbonyl (C=O) groups is 2. The van der Waals surface area contributed by atoms with Gasteiger partial charge in [0, 0.05) is 30.0 Å². The van der Waals surface area contributed by atoms with Gasteiger partial charge in [0.05, 0.1) is 0 Å². The van der Waals surface area contributed by atoms with Gasteiger partial charge in [-0.3, -0.25) is 9.59 Å². The second kappa shape index (κ2) is 8.34. The monoisotopic (exact) mass is 316 g/mol. The van der Waals surface area contributed by atoms with Crippen molar-refractivity contribution in [3.8, 4) is 0 Å². The molecule has 0 spiro atoms. The van der Waals surface area contributed by atoms with Crippen LogP contribution in [-0.4, -0.2) is 24.9 Å². The second-order valence-corrected chi connectivity index (χ2v) is 6.03. The number of hydrogen-bond donors (Lipinski definition) is 2. The molecular formula is C17H20N2O2S. The van der Waals surface area contributed by atoms with Crippen LogP contribution >= 0.6 is 11.3 Å². The molecule has 0 saturated heterocycles. The highest BCUT2D eigenvalue weighted by Crippen LogP contribution is 2.08. The van der Waals surface area contributed by atoms with Crippen LogP contribution in [0, 0.1) is 6.92 Å². The van der Waals surface area contributed by atoms with E-state index in [0.717, 1.165) is 12.0 Å². The molecule has 0 aliphatic rings. The van der Waals surface area contributed by atoms with E-state index in [1.807, 2.05) is 36.6 Å². The summed E-state index contributed by atoms with van der Waals surface area (Å²) in [4.78, 5) is 24.9. The number of benzene rings is 1. The van der Waals surface area contributed by atoms with Crippen molar-refractivity contribution < 1.29 is 9.59 Å². The maximum absolute atomic E-state index is 12.0. The number of amides is 2. The summed E-state index contributed by atoms with van der Waals surface area (Å²) < 4.78 is 0. The quantitative estimate of drug-likeness (QED) is 0.825. The van der Waals surface area contributed by atoms with Gasteiger partial charge in [0.1, 0.15) is 0 Å². The Balaban J connectivity index is 1.64. The maximum Gasteiger partial charge on any atom is 0.251 e. The molecule has 1 aromatic heterocycles. The van der Waals surface area contributed by atoms with Crippen molar-refractivity contribution in [2.24, 2.45) is 0 Å². The van der Waals surface area contributed by atoms with Crippen LogP contribution in [0.4, 0.5) is 0 Å². The van der Waals surface area contributed by atoms with Crippen LogP contribution < -0.4 is 10.6 Å². The summed E-state index contributed by atoms with van der Waals surface area (Å²) in [5, 5.41) is 7.67. The fourth-order valence-electron chi connectivity index (χ4n) is 2.08. The first-order chi connectivity index (χ1) is 10.7. The Morgan fingerprint density at radius 2 is 1.86 bits per heavy atom. The van der Waals surface area contributed by atoms with Gasteiger partial charge < -0.3 is 10.6 Å². The number of carbonyl (C=O) groups excluding carboxylic acids is 2. The van der Waals surface area contributed by atoms with E-state index < -0.39 is 0 Å². The first kappa shape index (κ1) is 16.2. The topological polar surface area (TPSA) is 58.2 Å². The fourth-order valence-corrected chi connectivity index (χ4v) is 2.79. The highest BCUT2D eigenvalue weighted by atomic mass is 32.1. The second-order valence-electron chi connectivity index (χ2n) is 5.00. The van der Waals surface area contributed by atoms with Gasteiger partial charge in [0.25, 0.3) is 5.91 Å². The van der Waals surface area contributed by atoms with E-state index in [4.69, 9.17) is 0 Å². The predicted octanol–water partition coefficient (Wildman–Crippen LogP) is 2.54. The molecule has 0 bridgehead atoms. The molecule has 0 atom stereocenters. The molecule has 116 valence electrons. The van der Waals surface area contributed by atoms with Crippen molar-refractivity contribution >= 4 is 23.2 Å². The van der Waals surface area contributed by atoms with Crippen LogP contribution in [0.3, 0.4) is 0 Å². The molecule has 2 rings (SSSR count). The lowest BCUT2D eigenvalue weighted by Crippen LogP contribution is -2.31. The molecule has 0 aliphatic carbocycles. The minimum absolute atomic E-state index is 0.0401. The van der Waals surface area contributed by atoms with Gasteiger partial charge >= 0.3 is 0 Å².